The van der Waals surface area contributed by atoms with E-state index >= 15 is 0 Å². The van der Waals surface area contributed by atoms with Crippen LogP contribution in [0.25, 0.3) is 0 Å². The number of carbonyl (C=O) groups is 16. The molecule has 9 rings (SSSR count). The SMILES string of the molecule is C.C=CCOC(=O)N[C@@H](CC(=O)OC(C)(C)C)C(=O)COC(=O)c1c(Cl)cccc1Cl.CN[C@H]1CN(C)c2cc(C)cc(C)c2N(CC(=O)N[C@@H](CC(=O)O)C(=O)COC(=O)c2c(Cl)cccc2Cl)C1=O.CN[C@H]1CN(C)c2cc(C)cc(C)c2N(CC(=O)N[C@@H](CC(=O)OC(C)(C)C)C(=O)COC(=O)c2c(Cl)cccc2Cl)C1=O.CN[C@H]1CN(C)c2cc(C)cc(C)c2N(CC(=O)O)C1=O. The van der Waals surface area contributed by atoms with Gasteiger partial charge in [0.1, 0.15) is 73.7 Å². The Hall–Kier alpha value is -12.0. The molecule has 0 bridgehead atoms. The highest BCUT2D eigenvalue weighted by Crippen LogP contribution is 2.40. The van der Waals surface area contributed by atoms with Crippen LogP contribution in [0, 0.1) is 41.5 Å². The zero-order chi connectivity index (χ0) is 101. The molecule has 3 aliphatic heterocycles. The van der Waals surface area contributed by atoms with E-state index in [-0.39, 0.29) is 85.1 Å². The molecule has 6 amide bonds. The molecular weight excluding hydrogens is 1890 g/mol. The van der Waals surface area contributed by atoms with Crippen LogP contribution in [-0.4, -0.2) is 260 Å². The largest absolute Gasteiger partial charge is 0.481 e. The molecule has 0 aromatic heterocycles. The van der Waals surface area contributed by atoms with Crippen LogP contribution in [0.1, 0.15) is 133 Å². The van der Waals surface area contributed by atoms with E-state index in [0.29, 0.717) is 36.7 Å². The number of carboxylic acid groups (broad SMARTS) is 2. The van der Waals surface area contributed by atoms with Crippen LogP contribution in [-0.2, 0) is 86.0 Å². The average molecular weight is 2010 g/mol. The van der Waals surface area contributed by atoms with E-state index in [2.05, 4.69) is 38.5 Å². The number of rotatable bonds is 32. The summed E-state index contributed by atoms with van der Waals surface area (Å²) >= 11 is 36.0. The Labute approximate surface area is 819 Å². The van der Waals surface area contributed by atoms with Crippen molar-refractivity contribution >= 4 is 198 Å². The number of nitrogens with zero attached hydrogens (tertiary/aromatic N) is 6. The number of carbonyl (C=O) groups excluding carboxylic acids is 14. The molecule has 6 atom stereocenters. The maximum absolute atomic E-state index is 13.6. The van der Waals surface area contributed by atoms with E-state index in [0.717, 1.165) is 50.4 Å². The first-order valence-electron chi connectivity index (χ1n) is 42.0. The first kappa shape index (κ1) is 115. The van der Waals surface area contributed by atoms with Crippen molar-refractivity contribution < 1.29 is 115 Å². The van der Waals surface area contributed by atoms with Crippen molar-refractivity contribution in [1.82, 2.24) is 31.9 Å². The number of Topliss-reactive ketones (excluding diaryl/α,β-unsaturated/α-hetero) is 3. The molecule has 0 spiro atoms. The molecule has 0 saturated carbocycles. The van der Waals surface area contributed by atoms with E-state index in [1.807, 2.05) is 114 Å². The third-order valence-corrected chi connectivity index (χ3v) is 22.2. The fraction of sp³-hybridized carbons (Fsp3) is 0.426. The molecule has 42 heteroatoms. The van der Waals surface area contributed by atoms with Gasteiger partial charge in [-0.3, -0.25) is 72.2 Å². The number of aryl methyl sites for hydroxylation is 6. The molecule has 0 unspecified atom stereocenters. The quantitative estimate of drug-likeness (QED) is 0.0110. The molecule has 0 fully saturated rings. The van der Waals surface area contributed by atoms with Gasteiger partial charge < -0.3 is 85.2 Å². The maximum atomic E-state index is 13.6. The number of ether oxygens (including phenoxy) is 6. The van der Waals surface area contributed by atoms with Crippen LogP contribution in [0.2, 0.25) is 30.1 Å². The van der Waals surface area contributed by atoms with Crippen LogP contribution in [0.4, 0.5) is 38.9 Å². The van der Waals surface area contributed by atoms with Crippen LogP contribution in [0.3, 0.4) is 0 Å². The van der Waals surface area contributed by atoms with Crippen LogP contribution >= 0.6 is 69.6 Å². The minimum atomic E-state index is -1.53. The number of ketones is 3. The molecule has 6 aromatic carbocycles. The summed E-state index contributed by atoms with van der Waals surface area (Å²) in [7, 11) is 10.6. The summed E-state index contributed by atoms with van der Waals surface area (Å²) in [5.41, 5.74) is 7.70. The van der Waals surface area contributed by atoms with Crippen molar-refractivity contribution in [2.75, 3.05) is 137 Å². The number of carboxylic acids is 2. The molecule has 738 valence electrons. The van der Waals surface area contributed by atoms with Gasteiger partial charge >= 0.3 is 47.9 Å². The molecule has 136 heavy (non-hydrogen) atoms. The molecule has 3 aliphatic rings. The van der Waals surface area contributed by atoms with Crippen LogP contribution < -0.4 is 61.3 Å². The van der Waals surface area contributed by atoms with Crippen molar-refractivity contribution in [2.45, 2.75) is 157 Å². The summed E-state index contributed by atoms with van der Waals surface area (Å²) in [6.45, 7) is 22.3. The van der Waals surface area contributed by atoms with Crippen molar-refractivity contribution in [2.24, 2.45) is 0 Å². The van der Waals surface area contributed by atoms with Crippen molar-refractivity contribution in [3.8, 4) is 0 Å². The highest BCUT2D eigenvalue weighted by Gasteiger charge is 2.41. The Balaban J connectivity index is 0.000000329. The monoisotopic (exact) mass is 2010 g/mol. The zero-order valence-electron chi connectivity index (χ0n) is 77.9. The van der Waals surface area contributed by atoms with E-state index in [1.165, 1.54) is 63.2 Å². The van der Waals surface area contributed by atoms with E-state index < -0.39 is 177 Å². The number of nitrogens with one attached hydrogen (secondary N) is 6. The van der Waals surface area contributed by atoms with Gasteiger partial charge in [0.05, 0.1) is 100 Å². The lowest BCUT2D eigenvalue weighted by molar-refractivity contribution is -0.157. The highest BCUT2D eigenvalue weighted by molar-refractivity contribution is 6.41. The molecule has 6 aromatic rings. The van der Waals surface area contributed by atoms with Gasteiger partial charge in [-0.1, -0.05) is 126 Å². The lowest BCUT2D eigenvalue weighted by Gasteiger charge is -2.28. The van der Waals surface area contributed by atoms with Gasteiger partial charge in [0.2, 0.25) is 29.5 Å². The average Bonchev–Trinajstić information content (AvgIpc) is 1.60. The Morgan fingerprint density at radius 1 is 0.426 bits per heavy atom. The van der Waals surface area contributed by atoms with Gasteiger partial charge in [0.15, 0.2) is 37.2 Å². The number of anilines is 6. The second kappa shape index (κ2) is 51.8. The highest BCUT2D eigenvalue weighted by atomic mass is 35.5. The molecule has 0 aliphatic carbocycles. The topological polar surface area (TPSA) is 461 Å². The number of fused-ring (bicyclic) bond motifs is 3. The van der Waals surface area contributed by atoms with Crippen LogP contribution in [0.15, 0.2) is 104 Å². The first-order chi connectivity index (χ1) is 63.1. The van der Waals surface area contributed by atoms with E-state index in [9.17, 15) is 81.8 Å². The van der Waals surface area contributed by atoms with Gasteiger partial charge in [0, 0.05) is 40.8 Å². The Kier molecular flexibility index (Phi) is 43.6. The number of aliphatic carboxylic acids is 2. The fourth-order valence-corrected chi connectivity index (χ4v) is 16.0. The lowest BCUT2D eigenvalue weighted by atomic mass is 10.1. The summed E-state index contributed by atoms with van der Waals surface area (Å²) in [6, 6.07) is 18.9. The smallest absolute Gasteiger partial charge is 0.408 e. The summed E-state index contributed by atoms with van der Waals surface area (Å²) < 4.78 is 30.4. The summed E-state index contributed by atoms with van der Waals surface area (Å²) in [4.78, 5) is 211. The standard InChI is InChI=1S/C31H38Cl2N4O7.C27H30Cl2N4O7.C20H23Cl2NO7.C15H21N3O3.CH4/c1-17-11-18(2)28-23(12-17)36(7)14-22(34-6)29(41)37(28)15-25(39)35-21(13-26(40)44-31(3,4)5)24(38)16-43-30(42)27-19(32)9-8-10-20(27)33;1-14-8-15(2)25-20(9-14)32(4)11-19(30-3)26(38)33(25)12-22(35)31-18(10-23(36)37)21(34)13-40-27(39)24-16(28)6-5-7-17(24)29;1-5-9-28-19(27)23-14(10-16(25)30-20(2,3)4)15(24)11-29-18(26)17-12(21)7-6-8-13(17)22;1-9-5-10(2)14-12(6-9)17(4)7-11(16-3)15(21)18(14)8-13(19)20;/h8-12,21-22,34H,13-16H2,1-7H3,(H,35,39);5-9,18-19,30H,10-13H2,1-4H3,(H,31,35)(H,36,37);5-8,14H,1,9-11H2,2-4H3,(H,23,27);5-6,11,16H,7-8H2,1-4H3,(H,19,20);1H4/t21-,22-;18-,19-;14-;11-;/m0000./s1. The number of likely N-dealkylation sites (N-methyl/N-ethyl adjacent to an activating group) is 6. The minimum absolute atomic E-state index is 0. The molecule has 3 heterocycles. The Morgan fingerprint density at radius 2 is 0.699 bits per heavy atom. The molecular formula is C94H116Cl6N12O24. The van der Waals surface area contributed by atoms with Gasteiger partial charge in [0.25, 0.3) is 0 Å². The second-order valence-electron chi connectivity index (χ2n) is 33.6. The second-order valence-corrected chi connectivity index (χ2v) is 36.0. The number of halogens is 6. The first-order valence-corrected chi connectivity index (χ1v) is 44.3. The number of amides is 6. The number of hydrogen-bond donors (Lipinski definition) is 8. The van der Waals surface area contributed by atoms with Crippen LogP contribution in [0.5, 0.6) is 0 Å². The molecule has 0 radical (unpaired) electrons. The van der Waals surface area contributed by atoms with E-state index in [4.69, 9.17) is 103 Å². The Bertz CT molecular complexity index is 5430. The number of benzene rings is 6. The van der Waals surface area contributed by atoms with Crippen molar-refractivity contribution in [3.05, 3.63) is 184 Å². The van der Waals surface area contributed by atoms with Gasteiger partial charge in [-0.05, 0) is 192 Å². The van der Waals surface area contributed by atoms with Gasteiger partial charge in [-0.25, -0.2) is 19.2 Å². The maximum Gasteiger partial charge on any atom is 0.408 e. The number of hydrogen-bond acceptors (Lipinski definition) is 28. The number of esters is 5. The van der Waals surface area contributed by atoms with Crippen molar-refractivity contribution in [3.63, 3.8) is 0 Å². The molecule has 8 N–H and O–H groups in total. The van der Waals surface area contributed by atoms with E-state index in [1.54, 1.807) is 74.8 Å². The summed E-state index contributed by atoms with van der Waals surface area (Å²) in [6.07, 6.45) is -1.39. The van der Waals surface area contributed by atoms with Gasteiger partial charge in [-0.15, -0.1) is 0 Å². The fourth-order valence-electron chi connectivity index (χ4n) is 14.3. The molecule has 0 saturated heterocycles. The van der Waals surface area contributed by atoms with Gasteiger partial charge in [-0.2, -0.15) is 0 Å². The summed E-state index contributed by atoms with van der Waals surface area (Å²) in [5, 5.41) is 34.8. The molecule has 36 nitrogen and oxygen atoms in total. The Morgan fingerprint density at radius 3 is 0.956 bits per heavy atom. The zero-order valence-corrected chi connectivity index (χ0v) is 82.5. The van der Waals surface area contributed by atoms with Crippen molar-refractivity contribution in [1.29, 1.82) is 0 Å². The predicted molar refractivity (Wildman–Crippen MR) is 518 cm³/mol. The normalized spacial score (nSPS) is 15.1. The summed E-state index contributed by atoms with van der Waals surface area (Å²) in [5.74, 6) is -11.5. The third-order valence-electron chi connectivity index (χ3n) is 20.3. The predicted octanol–water partition coefficient (Wildman–Crippen LogP) is 11.1. The number of alkyl carbamates (subject to hydrolysis) is 1. The lowest BCUT2D eigenvalue weighted by Crippen LogP contribution is -2.53. The minimum Gasteiger partial charge on any atom is -0.481 e. The third kappa shape index (κ3) is 32.9.